The van der Waals surface area contributed by atoms with Gasteiger partial charge < -0.3 is 4.90 Å². The summed E-state index contributed by atoms with van der Waals surface area (Å²) in [4.78, 5) is 2.57. The molecule has 62 heavy (non-hydrogen) atoms. The van der Waals surface area contributed by atoms with Crippen molar-refractivity contribution in [3.63, 3.8) is 0 Å². The summed E-state index contributed by atoms with van der Waals surface area (Å²) in [6.07, 6.45) is 0. The summed E-state index contributed by atoms with van der Waals surface area (Å²) in [5.41, 5.74) is 23.5. The molecule has 0 aliphatic heterocycles. The van der Waals surface area contributed by atoms with Crippen LogP contribution in [-0.4, -0.2) is 0 Å². The molecule has 1 unspecified atom stereocenters. The second-order valence-electron chi connectivity index (χ2n) is 18.4. The molecule has 9 aromatic carbocycles. The first-order valence-electron chi connectivity index (χ1n) is 22.0. The van der Waals surface area contributed by atoms with Crippen molar-refractivity contribution in [2.24, 2.45) is 0 Å². The molecule has 0 saturated carbocycles. The molecule has 1 heteroatoms. The van der Waals surface area contributed by atoms with E-state index < -0.39 is 5.41 Å². The van der Waals surface area contributed by atoms with Crippen molar-refractivity contribution in [2.75, 3.05) is 4.90 Å². The Morgan fingerprint density at radius 2 is 0.758 bits per heavy atom. The zero-order valence-corrected chi connectivity index (χ0v) is 35.7. The van der Waals surface area contributed by atoms with Crippen molar-refractivity contribution >= 4 is 17.1 Å². The smallest absolute Gasteiger partial charge is 0.0714 e. The molecule has 0 amide bonds. The number of nitrogens with zero attached hydrogens (tertiary/aromatic N) is 1. The number of rotatable bonds is 6. The van der Waals surface area contributed by atoms with E-state index in [1.54, 1.807) is 0 Å². The molecule has 0 bridgehead atoms. The lowest BCUT2D eigenvalue weighted by Crippen LogP contribution is -2.28. The summed E-state index contributed by atoms with van der Waals surface area (Å²) in [6, 6.07) is 79.8. The predicted molar refractivity (Wildman–Crippen MR) is 259 cm³/mol. The van der Waals surface area contributed by atoms with E-state index in [0.29, 0.717) is 0 Å². The van der Waals surface area contributed by atoms with Gasteiger partial charge in [-0.2, -0.15) is 0 Å². The Morgan fingerprint density at radius 1 is 0.306 bits per heavy atom. The van der Waals surface area contributed by atoms with Gasteiger partial charge in [0.05, 0.1) is 11.1 Å². The minimum Gasteiger partial charge on any atom is -0.310 e. The molecule has 3 aliphatic rings. The third-order valence-corrected chi connectivity index (χ3v) is 14.5. The van der Waals surface area contributed by atoms with Gasteiger partial charge in [-0.05, 0) is 120 Å². The number of benzene rings is 9. The maximum Gasteiger partial charge on any atom is 0.0714 e. The van der Waals surface area contributed by atoms with E-state index >= 15 is 0 Å². The van der Waals surface area contributed by atoms with Crippen molar-refractivity contribution in [2.45, 2.75) is 43.9 Å². The highest BCUT2D eigenvalue weighted by Gasteiger charge is 2.48. The Kier molecular flexibility index (Phi) is 7.91. The highest BCUT2D eigenvalue weighted by atomic mass is 15.1. The summed E-state index contributed by atoms with van der Waals surface area (Å²) < 4.78 is 0. The lowest BCUT2D eigenvalue weighted by molar-refractivity contribution is 0.660. The van der Waals surface area contributed by atoms with E-state index in [4.69, 9.17) is 0 Å². The maximum atomic E-state index is 2.57. The molecule has 0 heterocycles. The van der Waals surface area contributed by atoms with Gasteiger partial charge in [0.2, 0.25) is 0 Å². The Morgan fingerprint density at radius 3 is 1.37 bits per heavy atom. The van der Waals surface area contributed by atoms with E-state index in [-0.39, 0.29) is 10.8 Å². The van der Waals surface area contributed by atoms with Crippen LogP contribution in [0.4, 0.5) is 17.1 Å². The van der Waals surface area contributed by atoms with Crippen molar-refractivity contribution in [3.05, 3.63) is 257 Å². The minimum atomic E-state index is -0.567. The molecular weight excluding hydrogens is 747 g/mol. The second kappa shape index (κ2) is 13.4. The molecule has 1 nitrogen and oxygen atoms in total. The summed E-state index contributed by atoms with van der Waals surface area (Å²) in [7, 11) is 0. The van der Waals surface area contributed by atoms with E-state index in [9.17, 15) is 0 Å². The topological polar surface area (TPSA) is 3.24 Å². The van der Waals surface area contributed by atoms with Gasteiger partial charge in [-0.1, -0.05) is 204 Å². The fraction of sp³-hybridized carbons (Fsp3) is 0.115. The second-order valence-corrected chi connectivity index (χ2v) is 18.4. The first-order valence-corrected chi connectivity index (χ1v) is 22.0. The van der Waals surface area contributed by atoms with Gasteiger partial charge in [0, 0.05) is 27.8 Å². The molecule has 9 aromatic rings. The highest BCUT2D eigenvalue weighted by molar-refractivity contribution is 5.99. The van der Waals surface area contributed by atoms with Crippen LogP contribution >= 0.6 is 0 Å². The molecule has 0 N–H and O–H groups in total. The van der Waals surface area contributed by atoms with Crippen LogP contribution in [0, 0.1) is 0 Å². The van der Waals surface area contributed by atoms with Crippen LogP contribution in [0.1, 0.15) is 72.2 Å². The Labute approximate surface area is 365 Å². The van der Waals surface area contributed by atoms with Crippen LogP contribution in [0.25, 0.3) is 44.5 Å². The van der Waals surface area contributed by atoms with Gasteiger partial charge >= 0.3 is 0 Å². The molecule has 1 atom stereocenters. The minimum absolute atomic E-state index is 0.146. The number of hydrogen-bond donors (Lipinski definition) is 0. The SMILES string of the molecule is CC1(C)c2ccccc2-c2ccc(N(c3ccc4c(c3)C(C)(C)c3ccccc3-4)c3cccc4c3-c3ccccc3C4(c3ccccc3)c3cccc(-c4ccccc4)c3)cc21. The predicted octanol–water partition coefficient (Wildman–Crippen LogP) is 15.8. The van der Waals surface area contributed by atoms with E-state index in [2.05, 4.69) is 245 Å². The molecule has 0 saturated heterocycles. The quantitative estimate of drug-likeness (QED) is 0.162. The standard InChI is InChI=1S/C61H47N/c1-59(2)51-28-14-11-25-46(51)48-35-33-44(38-55(48)59)62(45-34-36-49-47-26-12-15-29-52(47)60(3,4)56(49)39-45)57-32-18-31-54-58(57)50-27-13-16-30-53(50)61(54,42-22-9-6-10-23-42)43-24-17-21-41(37-43)40-19-7-5-8-20-40/h5-39H,1-4H3. The zero-order valence-electron chi connectivity index (χ0n) is 35.7. The summed E-state index contributed by atoms with van der Waals surface area (Å²) in [5, 5.41) is 0. The Balaban J connectivity index is 1.14. The van der Waals surface area contributed by atoms with Crippen molar-refractivity contribution in [1.82, 2.24) is 0 Å². The third kappa shape index (κ3) is 5.03. The molecule has 0 aromatic heterocycles. The molecule has 0 spiro atoms. The summed E-state index contributed by atoms with van der Waals surface area (Å²) in [5.74, 6) is 0. The Hall–Kier alpha value is -7.22. The van der Waals surface area contributed by atoms with E-state index in [1.807, 2.05) is 0 Å². The third-order valence-electron chi connectivity index (χ3n) is 14.5. The van der Waals surface area contributed by atoms with E-state index in [0.717, 1.165) is 11.4 Å². The number of anilines is 3. The van der Waals surface area contributed by atoms with Crippen LogP contribution in [0.3, 0.4) is 0 Å². The summed E-state index contributed by atoms with van der Waals surface area (Å²) >= 11 is 0. The molecule has 296 valence electrons. The van der Waals surface area contributed by atoms with Crippen molar-refractivity contribution < 1.29 is 0 Å². The fourth-order valence-electron chi connectivity index (χ4n) is 11.6. The normalized spacial score (nSPS) is 16.7. The average Bonchev–Trinajstić information content (AvgIpc) is 3.85. The molecule has 0 fully saturated rings. The van der Waals surface area contributed by atoms with Crippen LogP contribution in [-0.2, 0) is 16.2 Å². The number of fused-ring (bicyclic) bond motifs is 9. The van der Waals surface area contributed by atoms with Crippen LogP contribution in [0.5, 0.6) is 0 Å². The van der Waals surface area contributed by atoms with Gasteiger partial charge in [0.15, 0.2) is 0 Å². The van der Waals surface area contributed by atoms with Gasteiger partial charge in [0.1, 0.15) is 0 Å². The fourth-order valence-corrected chi connectivity index (χ4v) is 11.6. The maximum absolute atomic E-state index is 2.57. The first-order chi connectivity index (χ1) is 30.3. The monoisotopic (exact) mass is 793 g/mol. The van der Waals surface area contributed by atoms with Crippen LogP contribution < -0.4 is 4.90 Å². The highest BCUT2D eigenvalue weighted by Crippen LogP contribution is 2.61. The Bertz CT molecular complexity index is 3140. The van der Waals surface area contributed by atoms with Gasteiger partial charge in [-0.3, -0.25) is 0 Å². The van der Waals surface area contributed by atoms with Crippen molar-refractivity contribution in [3.8, 4) is 44.5 Å². The van der Waals surface area contributed by atoms with Crippen LogP contribution in [0.15, 0.2) is 212 Å². The van der Waals surface area contributed by atoms with Gasteiger partial charge in [0.25, 0.3) is 0 Å². The molecule has 12 rings (SSSR count). The summed E-state index contributed by atoms with van der Waals surface area (Å²) in [6.45, 7) is 9.54. The van der Waals surface area contributed by atoms with Gasteiger partial charge in [-0.15, -0.1) is 0 Å². The van der Waals surface area contributed by atoms with Gasteiger partial charge in [-0.25, -0.2) is 0 Å². The molecular formula is C61H47N. The van der Waals surface area contributed by atoms with Crippen LogP contribution in [0.2, 0.25) is 0 Å². The lowest BCUT2D eigenvalue weighted by atomic mass is 9.67. The number of hydrogen-bond acceptors (Lipinski definition) is 1. The van der Waals surface area contributed by atoms with Crippen molar-refractivity contribution in [1.29, 1.82) is 0 Å². The average molecular weight is 794 g/mol. The lowest BCUT2D eigenvalue weighted by Gasteiger charge is -2.35. The largest absolute Gasteiger partial charge is 0.310 e. The van der Waals surface area contributed by atoms with E-state index in [1.165, 1.54) is 94.7 Å². The molecule has 3 aliphatic carbocycles. The first kappa shape index (κ1) is 36.6. The zero-order chi connectivity index (χ0) is 41.8. The molecule has 0 radical (unpaired) electrons.